The van der Waals surface area contributed by atoms with Crippen LogP contribution in [0.1, 0.15) is 30.0 Å². The van der Waals surface area contributed by atoms with Crippen LogP contribution in [0.25, 0.3) is 27.8 Å². The largest absolute Gasteiger partial charge is 0.340 e. The summed E-state index contributed by atoms with van der Waals surface area (Å²) in [5.74, 6) is 1.97. The number of aryl methyl sites for hydroxylation is 1. The number of nitrogens with one attached hydrogen (secondary N) is 3. The molecular formula is C25H25N7. The van der Waals surface area contributed by atoms with Crippen molar-refractivity contribution in [2.24, 2.45) is 0 Å². The van der Waals surface area contributed by atoms with Crippen LogP contribution in [0.3, 0.4) is 0 Å². The lowest BCUT2D eigenvalue weighted by atomic mass is 9.91. The number of benzene rings is 2. The number of anilines is 2. The van der Waals surface area contributed by atoms with Crippen molar-refractivity contribution in [2.45, 2.75) is 25.7 Å². The van der Waals surface area contributed by atoms with Gasteiger partial charge in [-0.05, 0) is 62.1 Å². The molecule has 1 saturated heterocycles. The molecule has 0 amide bonds. The molecule has 1 atom stereocenters. The molecule has 0 aliphatic carbocycles. The fourth-order valence-corrected chi connectivity index (χ4v) is 4.71. The van der Waals surface area contributed by atoms with Gasteiger partial charge in [-0.2, -0.15) is 10.1 Å². The van der Waals surface area contributed by atoms with E-state index < -0.39 is 0 Å². The molecule has 6 rings (SSSR count). The molecule has 7 nitrogen and oxygen atoms in total. The molecule has 3 N–H and O–H groups in total. The van der Waals surface area contributed by atoms with Crippen LogP contribution in [0.5, 0.6) is 0 Å². The average molecular weight is 424 g/mol. The zero-order chi connectivity index (χ0) is 21.5. The van der Waals surface area contributed by atoms with E-state index in [9.17, 15) is 0 Å². The van der Waals surface area contributed by atoms with E-state index in [0.717, 1.165) is 46.7 Å². The number of piperidine rings is 1. The van der Waals surface area contributed by atoms with Gasteiger partial charge in [0.25, 0.3) is 0 Å². The van der Waals surface area contributed by atoms with Gasteiger partial charge >= 0.3 is 0 Å². The Bertz CT molecular complexity index is 1410. The Hall–Kier alpha value is -3.71. The first kappa shape index (κ1) is 19.0. The second-order valence-electron chi connectivity index (χ2n) is 8.51. The summed E-state index contributed by atoms with van der Waals surface area (Å²) in [4.78, 5) is 9.65. The molecule has 1 aliphatic heterocycles. The molecule has 0 radical (unpaired) electrons. The quantitative estimate of drug-likeness (QED) is 0.386. The molecule has 7 heteroatoms. The van der Waals surface area contributed by atoms with E-state index in [4.69, 9.17) is 9.97 Å². The van der Waals surface area contributed by atoms with Crippen molar-refractivity contribution in [1.29, 1.82) is 0 Å². The van der Waals surface area contributed by atoms with Crippen LogP contribution in [0.4, 0.5) is 11.5 Å². The minimum atomic E-state index is 0.513. The number of aromatic amines is 1. The first-order valence-electron chi connectivity index (χ1n) is 11.1. The van der Waals surface area contributed by atoms with E-state index in [-0.39, 0.29) is 0 Å². The van der Waals surface area contributed by atoms with E-state index in [0.29, 0.717) is 11.9 Å². The Labute approximate surface area is 185 Å². The SMILES string of the molecule is Cc1cc(Nc2ccc3[nH]ncc3c2)nc(-n2cc(C3CCCNC3)c3ccccc32)n1. The van der Waals surface area contributed by atoms with Crippen LogP contribution in [0, 0.1) is 6.92 Å². The minimum absolute atomic E-state index is 0.513. The second kappa shape index (κ2) is 7.76. The Morgan fingerprint density at radius 1 is 1.09 bits per heavy atom. The predicted octanol–water partition coefficient (Wildman–Crippen LogP) is 4.82. The molecule has 4 heterocycles. The standard InChI is InChI=1S/C25H25N7/c1-16-11-24(29-19-8-9-22-18(12-19)14-27-31-22)30-25(28-16)32-15-21(17-5-4-10-26-13-17)20-6-2-3-7-23(20)32/h2-3,6-9,11-12,14-15,17,26H,4-5,10,13H2,1H3,(H,27,31)(H,28,29,30). The average Bonchev–Trinajstić information content (AvgIpc) is 3.44. The topological polar surface area (TPSA) is 83.5 Å². The van der Waals surface area contributed by atoms with Gasteiger partial charge in [-0.25, -0.2) is 4.98 Å². The maximum atomic E-state index is 4.88. The second-order valence-corrected chi connectivity index (χ2v) is 8.51. The van der Waals surface area contributed by atoms with Crippen molar-refractivity contribution in [1.82, 2.24) is 30.0 Å². The molecule has 5 aromatic rings. The first-order chi connectivity index (χ1) is 15.7. The summed E-state index contributed by atoms with van der Waals surface area (Å²) < 4.78 is 2.14. The highest BCUT2D eigenvalue weighted by atomic mass is 15.2. The number of aromatic nitrogens is 5. The lowest BCUT2D eigenvalue weighted by Crippen LogP contribution is -2.28. The van der Waals surface area contributed by atoms with Crippen LogP contribution >= 0.6 is 0 Å². The van der Waals surface area contributed by atoms with Gasteiger partial charge in [0, 0.05) is 41.0 Å². The van der Waals surface area contributed by atoms with E-state index in [1.165, 1.54) is 23.8 Å². The Morgan fingerprint density at radius 3 is 2.94 bits per heavy atom. The molecule has 1 aliphatic rings. The van der Waals surface area contributed by atoms with Gasteiger partial charge < -0.3 is 10.6 Å². The summed E-state index contributed by atoms with van der Waals surface area (Å²) in [6, 6.07) is 16.6. The smallest absolute Gasteiger partial charge is 0.236 e. The third-order valence-corrected chi connectivity index (χ3v) is 6.25. The number of hydrogen-bond donors (Lipinski definition) is 3. The summed E-state index contributed by atoms with van der Waals surface area (Å²) in [7, 11) is 0. The number of nitrogens with zero attached hydrogens (tertiary/aromatic N) is 4. The maximum absolute atomic E-state index is 4.88. The van der Waals surface area contributed by atoms with Gasteiger partial charge in [0.2, 0.25) is 5.95 Å². The van der Waals surface area contributed by atoms with E-state index in [2.05, 4.69) is 61.9 Å². The molecule has 32 heavy (non-hydrogen) atoms. The summed E-state index contributed by atoms with van der Waals surface area (Å²) in [6.07, 6.45) is 6.47. The molecule has 160 valence electrons. The molecule has 1 fully saturated rings. The Balaban J connectivity index is 1.41. The zero-order valence-electron chi connectivity index (χ0n) is 18.0. The third kappa shape index (κ3) is 3.40. The van der Waals surface area contributed by atoms with Crippen LogP contribution in [0.2, 0.25) is 0 Å². The number of fused-ring (bicyclic) bond motifs is 2. The van der Waals surface area contributed by atoms with Crippen LogP contribution < -0.4 is 10.6 Å². The highest BCUT2D eigenvalue weighted by molar-refractivity contribution is 5.86. The van der Waals surface area contributed by atoms with Crippen molar-refractivity contribution in [3.8, 4) is 5.95 Å². The molecule has 0 bridgehead atoms. The molecule has 2 aromatic carbocycles. The molecule has 0 saturated carbocycles. The number of para-hydroxylation sites is 1. The van der Waals surface area contributed by atoms with Gasteiger partial charge in [0.15, 0.2) is 0 Å². The van der Waals surface area contributed by atoms with Gasteiger partial charge in [-0.3, -0.25) is 9.67 Å². The van der Waals surface area contributed by atoms with Gasteiger partial charge in [-0.15, -0.1) is 0 Å². The van der Waals surface area contributed by atoms with Gasteiger partial charge in [-0.1, -0.05) is 18.2 Å². The van der Waals surface area contributed by atoms with Crippen molar-refractivity contribution < 1.29 is 0 Å². The fraction of sp³-hybridized carbons (Fsp3) is 0.240. The Morgan fingerprint density at radius 2 is 2.03 bits per heavy atom. The summed E-state index contributed by atoms with van der Waals surface area (Å²) in [5.41, 5.74) is 5.41. The first-order valence-corrected chi connectivity index (χ1v) is 11.1. The number of H-pyrrole nitrogens is 1. The molecule has 1 unspecified atom stereocenters. The molecule has 3 aromatic heterocycles. The van der Waals surface area contributed by atoms with Gasteiger partial charge in [0.1, 0.15) is 5.82 Å². The molecular weight excluding hydrogens is 398 g/mol. The number of rotatable bonds is 4. The van der Waals surface area contributed by atoms with Crippen molar-refractivity contribution in [2.75, 3.05) is 18.4 Å². The maximum Gasteiger partial charge on any atom is 0.236 e. The van der Waals surface area contributed by atoms with Crippen molar-refractivity contribution in [3.63, 3.8) is 0 Å². The Kier molecular flexibility index (Phi) is 4.61. The summed E-state index contributed by atoms with van der Waals surface area (Å²) >= 11 is 0. The highest BCUT2D eigenvalue weighted by Gasteiger charge is 2.21. The highest BCUT2D eigenvalue weighted by Crippen LogP contribution is 2.33. The van der Waals surface area contributed by atoms with Gasteiger partial charge in [0.05, 0.1) is 17.2 Å². The summed E-state index contributed by atoms with van der Waals surface area (Å²) in [5, 5.41) is 16.4. The minimum Gasteiger partial charge on any atom is -0.340 e. The lowest BCUT2D eigenvalue weighted by Gasteiger charge is -2.22. The fourth-order valence-electron chi connectivity index (χ4n) is 4.71. The monoisotopic (exact) mass is 423 g/mol. The molecule has 0 spiro atoms. The normalized spacial score (nSPS) is 16.6. The van der Waals surface area contributed by atoms with E-state index in [1.807, 2.05) is 31.3 Å². The van der Waals surface area contributed by atoms with Crippen molar-refractivity contribution in [3.05, 3.63) is 72.2 Å². The van der Waals surface area contributed by atoms with E-state index in [1.54, 1.807) is 0 Å². The predicted molar refractivity (Wildman–Crippen MR) is 128 cm³/mol. The van der Waals surface area contributed by atoms with Crippen LogP contribution in [0.15, 0.2) is 60.9 Å². The van der Waals surface area contributed by atoms with Crippen molar-refractivity contribution >= 4 is 33.3 Å². The lowest BCUT2D eigenvalue weighted by molar-refractivity contribution is 0.463. The van der Waals surface area contributed by atoms with Crippen LogP contribution in [-0.4, -0.2) is 37.8 Å². The van der Waals surface area contributed by atoms with Crippen LogP contribution in [-0.2, 0) is 0 Å². The number of hydrogen-bond acceptors (Lipinski definition) is 5. The zero-order valence-corrected chi connectivity index (χ0v) is 18.0. The van der Waals surface area contributed by atoms with E-state index >= 15 is 0 Å². The summed E-state index contributed by atoms with van der Waals surface area (Å²) in [6.45, 7) is 4.13. The third-order valence-electron chi connectivity index (χ3n) is 6.25.